The molecule has 6 heteroatoms. The summed E-state index contributed by atoms with van der Waals surface area (Å²) in [6, 6.07) is -1.36. The van der Waals surface area contributed by atoms with E-state index in [1.807, 2.05) is 20.8 Å². The molecular weight excluding hydrogens is 222 g/mol. The fraction of sp³-hybridized carbons (Fsp3) is 0.818. The fourth-order valence-corrected chi connectivity index (χ4v) is 1.49. The number of primary amides is 1. The number of amides is 3. The third kappa shape index (κ3) is 6.78. The lowest BCUT2D eigenvalue weighted by atomic mass is 10.0. The van der Waals surface area contributed by atoms with E-state index in [9.17, 15) is 9.59 Å². The molecule has 0 saturated carbocycles. The van der Waals surface area contributed by atoms with E-state index in [2.05, 4.69) is 10.6 Å². The monoisotopic (exact) mass is 245 g/mol. The molecule has 0 heterocycles. The summed E-state index contributed by atoms with van der Waals surface area (Å²) in [6.45, 7) is 5.62. The fourth-order valence-electron chi connectivity index (χ4n) is 1.49. The Balaban J connectivity index is 4.27. The van der Waals surface area contributed by atoms with Gasteiger partial charge in [-0.25, -0.2) is 4.79 Å². The van der Waals surface area contributed by atoms with Crippen LogP contribution in [0.4, 0.5) is 4.79 Å². The number of nitrogens with one attached hydrogen (secondary N) is 2. The molecule has 0 aliphatic rings. The van der Waals surface area contributed by atoms with Gasteiger partial charge in [0, 0.05) is 12.6 Å². The van der Waals surface area contributed by atoms with Crippen molar-refractivity contribution in [2.24, 2.45) is 11.7 Å². The maximum atomic E-state index is 11.8. The average molecular weight is 245 g/mol. The number of hydrogen-bond acceptors (Lipinski definition) is 3. The van der Waals surface area contributed by atoms with Crippen molar-refractivity contribution < 1.29 is 14.7 Å². The number of aliphatic hydroxyl groups is 1. The van der Waals surface area contributed by atoms with Crippen LogP contribution in [0.5, 0.6) is 0 Å². The third-order valence-corrected chi connectivity index (χ3v) is 2.43. The first-order valence-electron chi connectivity index (χ1n) is 5.85. The van der Waals surface area contributed by atoms with Crippen LogP contribution >= 0.6 is 0 Å². The lowest BCUT2D eigenvalue weighted by molar-refractivity contribution is -0.124. The van der Waals surface area contributed by atoms with Gasteiger partial charge in [0.2, 0.25) is 5.91 Å². The summed E-state index contributed by atoms with van der Waals surface area (Å²) in [5.74, 6) is -0.281. The van der Waals surface area contributed by atoms with Gasteiger partial charge in [-0.15, -0.1) is 0 Å². The van der Waals surface area contributed by atoms with Crippen molar-refractivity contribution in [1.29, 1.82) is 0 Å². The maximum Gasteiger partial charge on any atom is 0.312 e. The first-order chi connectivity index (χ1) is 7.88. The van der Waals surface area contributed by atoms with Gasteiger partial charge in [-0.1, -0.05) is 13.8 Å². The molecule has 5 N–H and O–H groups in total. The van der Waals surface area contributed by atoms with E-state index in [1.165, 1.54) is 0 Å². The molecule has 3 amide bonds. The van der Waals surface area contributed by atoms with Gasteiger partial charge >= 0.3 is 6.03 Å². The summed E-state index contributed by atoms with van der Waals surface area (Å²) in [5.41, 5.74) is 5.02. The predicted octanol–water partition coefficient (Wildman–Crippen LogP) is -0.0435. The summed E-state index contributed by atoms with van der Waals surface area (Å²) < 4.78 is 0. The smallest absolute Gasteiger partial charge is 0.312 e. The highest BCUT2D eigenvalue weighted by atomic mass is 16.3. The molecule has 0 aromatic carbocycles. The first kappa shape index (κ1) is 15.7. The maximum absolute atomic E-state index is 11.8. The number of carbonyl (C=O) groups is 2. The second-order valence-electron chi connectivity index (χ2n) is 4.51. The lowest BCUT2D eigenvalue weighted by Crippen LogP contribution is -2.52. The second kappa shape index (κ2) is 7.89. The molecule has 0 spiro atoms. The van der Waals surface area contributed by atoms with Crippen LogP contribution in [0.25, 0.3) is 0 Å². The zero-order valence-corrected chi connectivity index (χ0v) is 10.7. The molecule has 2 atom stereocenters. The average Bonchev–Trinajstić information content (AvgIpc) is 2.22. The first-order valence-corrected chi connectivity index (χ1v) is 5.85. The molecular formula is C11H23N3O3. The number of urea groups is 1. The molecule has 2 unspecified atom stereocenters. The van der Waals surface area contributed by atoms with Crippen LogP contribution in [0.15, 0.2) is 0 Å². The van der Waals surface area contributed by atoms with Gasteiger partial charge in [-0.05, 0) is 25.7 Å². The third-order valence-electron chi connectivity index (χ3n) is 2.43. The van der Waals surface area contributed by atoms with Crippen LogP contribution in [0, 0.1) is 5.92 Å². The summed E-state index contributed by atoms with van der Waals surface area (Å²) in [5, 5.41) is 13.9. The molecule has 0 radical (unpaired) electrons. The van der Waals surface area contributed by atoms with Crippen molar-refractivity contribution in [3.05, 3.63) is 0 Å². The lowest BCUT2D eigenvalue weighted by Gasteiger charge is -2.23. The van der Waals surface area contributed by atoms with Crippen LogP contribution in [0.1, 0.15) is 33.6 Å². The van der Waals surface area contributed by atoms with Crippen molar-refractivity contribution >= 4 is 11.9 Å². The Hall–Kier alpha value is -1.30. The van der Waals surface area contributed by atoms with Crippen LogP contribution in [0.2, 0.25) is 0 Å². The molecule has 17 heavy (non-hydrogen) atoms. The number of hydrogen-bond donors (Lipinski definition) is 4. The van der Waals surface area contributed by atoms with Crippen molar-refractivity contribution in [2.75, 3.05) is 6.61 Å². The van der Waals surface area contributed by atoms with Gasteiger partial charge < -0.3 is 21.5 Å². The summed E-state index contributed by atoms with van der Waals surface area (Å²) in [6.07, 6.45) is 1.33. The zero-order chi connectivity index (χ0) is 13.4. The van der Waals surface area contributed by atoms with E-state index >= 15 is 0 Å². The topological polar surface area (TPSA) is 104 Å². The highest BCUT2D eigenvalue weighted by Gasteiger charge is 2.24. The Morgan fingerprint density at radius 1 is 1.24 bits per heavy atom. The van der Waals surface area contributed by atoms with Crippen LogP contribution in [-0.4, -0.2) is 35.7 Å². The molecule has 0 aliphatic carbocycles. The van der Waals surface area contributed by atoms with Gasteiger partial charge in [-0.2, -0.15) is 0 Å². The molecule has 0 fully saturated rings. The van der Waals surface area contributed by atoms with E-state index in [0.29, 0.717) is 12.8 Å². The number of aliphatic hydroxyl groups excluding tert-OH is 1. The Labute approximate surface area is 102 Å². The van der Waals surface area contributed by atoms with Crippen molar-refractivity contribution in [1.82, 2.24) is 10.6 Å². The van der Waals surface area contributed by atoms with Gasteiger partial charge in [0.25, 0.3) is 0 Å². The Morgan fingerprint density at radius 2 is 1.82 bits per heavy atom. The Kier molecular flexibility index (Phi) is 7.29. The zero-order valence-electron chi connectivity index (χ0n) is 10.7. The predicted molar refractivity (Wildman–Crippen MR) is 65.3 cm³/mol. The second-order valence-corrected chi connectivity index (χ2v) is 4.51. The van der Waals surface area contributed by atoms with Gasteiger partial charge in [0.05, 0.1) is 0 Å². The Morgan fingerprint density at radius 3 is 2.24 bits per heavy atom. The Bertz CT molecular complexity index is 256. The molecule has 0 aromatic heterocycles. The summed E-state index contributed by atoms with van der Waals surface area (Å²) in [7, 11) is 0. The highest BCUT2D eigenvalue weighted by Crippen LogP contribution is 2.03. The molecule has 0 aliphatic heterocycles. The van der Waals surface area contributed by atoms with E-state index in [4.69, 9.17) is 10.8 Å². The van der Waals surface area contributed by atoms with E-state index in [0.717, 1.165) is 0 Å². The van der Waals surface area contributed by atoms with Crippen LogP contribution < -0.4 is 16.4 Å². The number of nitrogens with two attached hydrogens (primary N) is 1. The van der Waals surface area contributed by atoms with Crippen LogP contribution in [-0.2, 0) is 4.79 Å². The largest absolute Gasteiger partial charge is 0.396 e. The van der Waals surface area contributed by atoms with Crippen molar-refractivity contribution in [3.8, 4) is 0 Å². The van der Waals surface area contributed by atoms with E-state index in [-0.39, 0.29) is 24.5 Å². The number of carbonyl (C=O) groups excluding carboxylic acids is 2. The molecule has 6 nitrogen and oxygen atoms in total. The van der Waals surface area contributed by atoms with Gasteiger partial charge in [-0.3, -0.25) is 4.79 Å². The summed E-state index contributed by atoms with van der Waals surface area (Å²) in [4.78, 5) is 22.6. The van der Waals surface area contributed by atoms with Crippen LogP contribution in [0.3, 0.4) is 0 Å². The minimum Gasteiger partial charge on any atom is -0.396 e. The number of rotatable bonds is 7. The standard InChI is InChI=1S/C11H23N3O3/c1-7(2)9(14-11(12)17)10(16)13-8(3)5-4-6-15/h7-9,15H,4-6H2,1-3H3,(H,13,16)(H3,12,14,17). The minimum absolute atomic E-state index is 0.0347. The van der Waals surface area contributed by atoms with Crippen molar-refractivity contribution in [3.63, 3.8) is 0 Å². The van der Waals surface area contributed by atoms with E-state index < -0.39 is 12.1 Å². The highest BCUT2D eigenvalue weighted by molar-refractivity contribution is 5.86. The molecule has 0 bridgehead atoms. The van der Waals surface area contributed by atoms with Gasteiger partial charge in [0.1, 0.15) is 6.04 Å². The van der Waals surface area contributed by atoms with Gasteiger partial charge in [0.15, 0.2) is 0 Å². The SMILES string of the molecule is CC(CCCO)NC(=O)C(NC(N)=O)C(C)C. The van der Waals surface area contributed by atoms with E-state index in [1.54, 1.807) is 0 Å². The molecule has 0 saturated heterocycles. The quantitative estimate of drug-likeness (QED) is 0.505. The summed E-state index contributed by atoms with van der Waals surface area (Å²) >= 11 is 0. The molecule has 0 aromatic rings. The minimum atomic E-state index is -0.707. The molecule has 100 valence electrons. The normalized spacial score (nSPS) is 14.2. The van der Waals surface area contributed by atoms with Crippen molar-refractivity contribution in [2.45, 2.75) is 45.7 Å². The molecule has 0 rings (SSSR count).